The smallest absolute Gasteiger partial charge is 0.217 e. The average molecular weight is 231 g/mol. The zero-order valence-corrected chi connectivity index (χ0v) is 9.94. The SMILES string of the molecule is CC(NCCCC(N)=O)c1ccc(C#N)cc1. The summed E-state index contributed by atoms with van der Waals surface area (Å²) in [7, 11) is 0. The zero-order valence-electron chi connectivity index (χ0n) is 9.94. The van der Waals surface area contributed by atoms with E-state index in [4.69, 9.17) is 11.0 Å². The number of carbonyl (C=O) groups excluding carboxylic acids is 1. The molecule has 1 aromatic rings. The molecule has 0 bridgehead atoms. The fraction of sp³-hybridized carbons (Fsp3) is 0.385. The Bertz CT molecular complexity index is 406. The standard InChI is InChI=1S/C13H17N3O/c1-10(16-8-2-3-13(15)17)12-6-4-11(9-14)5-7-12/h4-7,10,16H,2-3,8H2,1H3,(H2,15,17). The first kappa shape index (κ1) is 13.2. The number of amides is 1. The van der Waals surface area contributed by atoms with Crippen molar-refractivity contribution < 1.29 is 4.79 Å². The molecule has 0 aliphatic carbocycles. The topological polar surface area (TPSA) is 78.9 Å². The van der Waals surface area contributed by atoms with Crippen molar-refractivity contribution in [1.82, 2.24) is 5.32 Å². The van der Waals surface area contributed by atoms with Gasteiger partial charge >= 0.3 is 0 Å². The minimum absolute atomic E-state index is 0.204. The average Bonchev–Trinajstić information content (AvgIpc) is 2.34. The molecule has 0 saturated carbocycles. The number of nitriles is 1. The maximum absolute atomic E-state index is 10.5. The molecular formula is C13H17N3O. The van der Waals surface area contributed by atoms with E-state index < -0.39 is 0 Å². The molecule has 0 heterocycles. The third-order valence-corrected chi connectivity index (χ3v) is 2.59. The largest absolute Gasteiger partial charge is 0.370 e. The lowest BCUT2D eigenvalue weighted by Gasteiger charge is -2.13. The molecule has 1 aromatic carbocycles. The number of hydrogen-bond donors (Lipinski definition) is 2. The summed E-state index contributed by atoms with van der Waals surface area (Å²) in [6.07, 6.45) is 1.16. The fourth-order valence-electron chi connectivity index (χ4n) is 1.55. The molecule has 3 N–H and O–H groups in total. The van der Waals surface area contributed by atoms with Crippen LogP contribution in [0.25, 0.3) is 0 Å². The number of carbonyl (C=O) groups is 1. The minimum Gasteiger partial charge on any atom is -0.370 e. The Morgan fingerprint density at radius 3 is 2.65 bits per heavy atom. The first-order valence-electron chi connectivity index (χ1n) is 5.65. The summed E-state index contributed by atoms with van der Waals surface area (Å²) in [6.45, 7) is 2.80. The monoisotopic (exact) mass is 231 g/mol. The summed E-state index contributed by atoms with van der Waals surface area (Å²) in [5.74, 6) is -0.266. The maximum atomic E-state index is 10.5. The summed E-state index contributed by atoms with van der Waals surface area (Å²) in [6, 6.07) is 9.77. The van der Waals surface area contributed by atoms with Gasteiger partial charge in [0.1, 0.15) is 0 Å². The fourth-order valence-corrected chi connectivity index (χ4v) is 1.55. The lowest BCUT2D eigenvalue weighted by atomic mass is 10.1. The lowest BCUT2D eigenvalue weighted by Crippen LogP contribution is -2.21. The molecule has 0 saturated heterocycles. The quantitative estimate of drug-likeness (QED) is 0.728. The van der Waals surface area contributed by atoms with E-state index in [0.29, 0.717) is 12.0 Å². The number of rotatable bonds is 6. The van der Waals surface area contributed by atoms with E-state index in [1.165, 1.54) is 0 Å². The predicted molar refractivity (Wildman–Crippen MR) is 66.0 cm³/mol. The Balaban J connectivity index is 2.39. The van der Waals surface area contributed by atoms with Crippen molar-refractivity contribution in [2.45, 2.75) is 25.8 Å². The molecule has 17 heavy (non-hydrogen) atoms. The van der Waals surface area contributed by atoms with Crippen LogP contribution in [-0.2, 0) is 4.79 Å². The van der Waals surface area contributed by atoms with Gasteiger partial charge in [0.2, 0.25) is 5.91 Å². The molecule has 1 rings (SSSR count). The second-order valence-corrected chi connectivity index (χ2v) is 3.98. The summed E-state index contributed by atoms with van der Waals surface area (Å²) >= 11 is 0. The highest BCUT2D eigenvalue weighted by Crippen LogP contribution is 2.12. The molecule has 1 amide bonds. The van der Waals surface area contributed by atoms with E-state index in [2.05, 4.69) is 11.4 Å². The van der Waals surface area contributed by atoms with E-state index in [0.717, 1.165) is 18.5 Å². The van der Waals surface area contributed by atoms with E-state index in [1.54, 1.807) is 12.1 Å². The van der Waals surface area contributed by atoms with Gasteiger partial charge < -0.3 is 11.1 Å². The van der Waals surface area contributed by atoms with Crippen molar-refractivity contribution in [2.24, 2.45) is 5.73 Å². The van der Waals surface area contributed by atoms with Crippen LogP contribution in [-0.4, -0.2) is 12.5 Å². The Morgan fingerprint density at radius 1 is 1.47 bits per heavy atom. The normalized spacial score (nSPS) is 11.8. The molecule has 0 aromatic heterocycles. The molecule has 4 heteroatoms. The van der Waals surface area contributed by atoms with Crippen LogP contribution in [0.3, 0.4) is 0 Å². The highest BCUT2D eigenvalue weighted by atomic mass is 16.1. The van der Waals surface area contributed by atoms with Crippen LogP contribution < -0.4 is 11.1 Å². The molecule has 0 fully saturated rings. The van der Waals surface area contributed by atoms with Crippen LogP contribution in [0.15, 0.2) is 24.3 Å². The Hall–Kier alpha value is -1.86. The van der Waals surface area contributed by atoms with E-state index >= 15 is 0 Å². The van der Waals surface area contributed by atoms with Crippen molar-refractivity contribution in [1.29, 1.82) is 5.26 Å². The molecule has 0 radical (unpaired) electrons. The van der Waals surface area contributed by atoms with Crippen molar-refractivity contribution in [3.63, 3.8) is 0 Å². The molecule has 0 spiro atoms. The Morgan fingerprint density at radius 2 is 2.12 bits per heavy atom. The number of benzene rings is 1. The third kappa shape index (κ3) is 4.66. The first-order chi connectivity index (χ1) is 8.13. The number of nitrogens with zero attached hydrogens (tertiary/aromatic N) is 1. The van der Waals surface area contributed by atoms with Crippen molar-refractivity contribution in [2.75, 3.05) is 6.54 Å². The van der Waals surface area contributed by atoms with Gasteiger partial charge in [-0.15, -0.1) is 0 Å². The lowest BCUT2D eigenvalue weighted by molar-refractivity contribution is -0.118. The van der Waals surface area contributed by atoms with Crippen molar-refractivity contribution in [3.05, 3.63) is 35.4 Å². The molecule has 0 aliphatic heterocycles. The predicted octanol–water partition coefficient (Wildman–Crippen LogP) is 1.47. The van der Waals surface area contributed by atoms with E-state index in [9.17, 15) is 4.79 Å². The van der Waals surface area contributed by atoms with Gasteiger partial charge in [-0.3, -0.25) is 4.79 Å². The summed E-state index contributed by atoms with van der Waals surface area (Å²) < 4.78 is 0. The van der Waals surface area contributed by atoms with Gasteiger partial charge in [-0.25, -0.2) is 0 Å². The van der Waals surface area contributed by atoms with Crippen LogP contribution in [0, 0.1) is 11.3 Å². The van der Waals surface area contributed by atoms with Crippen molar-refractivity contribution >= 4 is 5.91 Å². The molecule has 0 aliphatic rings. The second kappa shape index (κ2) is 6.66. The molecule has 1 unspecified atom stereocenters. The Kier molecular flexibility index (Phi) is 5.18. The summed E-state index contributed by atoms with van der Waals surface area (Å²) in [5, 5.41) is 12.0. The van der Waals surface area contributed by atoms with Crippen LogP contribution in [0.4, 0.5) is 0 Å². The van der Waals surface area contributed by atoms with E-state index in [1.807, 2.05) is 19.1 Å². The van der Waals surface area contributed by atoms with Gasteiger partial charge in [-0.05, 0) is 37.6 Å². The van der Waals surface area contributed by atoms with Gasteiger partial charge in [0.25, 0.3) is 0 Å². The van der Waals surface area contributed by atoms with E-state index in [-0.39, 0.29) is 11.9 Å². The molecule has 90 valence electrons. The number of hydrogen-bond acceptors (Lipinski definition) is 3. The maximum Gasteiger partial charge on any atom is 0.217 e. The highest BCUT2D eigenvalue weighted by Gasteiger charge is 2.04. The van der Waals surface area contributed by atoms with Crippen LogP contribution in [0.5, 0.6) is 0 Å². The summed E-state index contributed by atoms with van der Waals surface area (Å²) in [4.78, 5) is 10.5. The molecule has 1 atom stereocenters. The van der Waals surface area contributed by atoms with Gasteiger partial charge in [0.05, 0.1) is 11.6 Å². The van der Waals surface area contributed by atoms with Crippen LogP contribution in [0.2, 0.25) is 0 Å². The molecule has 4 nitrogen and oxygen atoms in total. The third-order valence-electron chi connectivity index (χ3n) is 2.59. The highest BCUT2D eigenvalue weighted by molar-refractivity contribution is 5.73. The minimum atomic E-state index is -0.266. The summed E-state index contributed by atoms with van der Waals surface area (Å²) in [5.41, 5.74) is 6.84. The van der Waals surface area contributed by atoms with Crippen molar-refractivity contribution in [3.8, 4) is 6.07 Å². The first-order valence-corrected chi connectivity index (χ1v) is 5.65. The number of nitrogens with one attached hydrogen (secondary N) is 1. The van der Waals surface area contributed by atoms with Crippen LogP contribution >= 0.6 is 0 Å². The zero-order chi connectivity index (χ0) is 12.7. The van der Waals surface area contributed by atoms with Gasteiger partial charge in [0, 0.05) is 12.5 Å². The second-order valence-electron chi connectivity index (χ2n) is 3.98. The number of nitrogens with two attached hydrogens (primary N) is 1. The van der Waals surface area contributed by atoms with Gasteiger partial charge in [0.15, 0.2) is 0 Å². The number of primary amides is 1. The Labute approximate surface area is 101 Å². The van der Waals surface area contributed by atoms with Gasteiger partial charge in [-0.1, -0.05) is 12.1 Å². The van der Waals surface area contributed by atoms with Gasteiger partial charge in [-0.2, -0.15) is 5.26 Å². The van der Waals surface area contributed by atoms with Crippen LogP contribution in [0.1, 0.15) is 36.9 Å². The molecular weight excluding hydrogens is 214 g/mol.